The molecule has 2 nitrogen and oxygen atoms in total. The van der Waals surface area contributed by atoms with E-state index in [4.69, 9.17) is 0 Å². The molecule has 1 aliphatic heterocycles. The lowest BCUT2D eigenvalue weighted by molar-refractivity contribution is 0.0955. The number of halogens is 1. The monoisotopic (exact) mass is 209 g/mol. The third-order valence-electron chi connectivity index (χ3n) is 3.62. The molecule has 1 heterocycles. The van der Waals surface area contributed by atoms with E-state index in [0.29, 0.717) is 5.69 Å². The summed E-state index contributed by atoms with van der Waals surface area (Å²) in [6.45, 7) is 6.12. The van der Waals surface area contributed by atoms with Gasteiger partial charge in [0, 0.05) is 11.1 Å². The van der Waals surface area contributed by atoms with E-state index in [-0.39, 0.29) is 17.2 Å². The zero-order valence-electron chi connectivity index (χ0n) is 9.21. The fourth-order valence-corrected chi connectivity index (χ4v) is 2.18. The van der Waals surface area contributed by atoms with E-state index in [9.17, 15) is 9.50 Å². The minimum Gasteiger partial charge on any atom is -0.373 e. The summed E-state index contributed by atoms with van der Waals surface area (Å²) < 4.78 is 13.0. The highest BCUT2D eigenvalue weighted by Gasteiger charge is 2.44. The number of aliphatic hydroxyl groups is 1. The van der Waals surface area contributed by atoms with E-state index in [1.54, 1.807) is 6.07 Å². The fourth-order valence-electron chi connectivity index (χ4n) is 2.18. The molecule has 0 aliphatic carbocycles. The summed E-state index contributed by atoms with van der Waals surface area (Å²) in [5.41, 5.74) is 1.35. The summed E-state index contributed by atoms with van der Waals surface area (Å²) in [4.78, 5) is 0. The lowest BCUT2D eigenvalue weighted by Crippen LogP contribution is -2.40. The molecule has 2 rings (SSSR count). The molecule has 3 heteroatoms. The Balaban J connectivity index is 2.55. The number of benzene rings is 1. The summed E-state index contributed by atoms with van der Waals surface area (Å²) >= 11 is 0. The molecule has 0 radical (unpaired) electrons. The van der Waals surface area contributed by atoms with Gasteiger partial charge in [-0.3, -0.25) is 0 Å². The maximum absolute atomic E-state index is 13.0. The average Bonchev–Trinajstić information content (AvgIpc) is 2.39. The van der Waals surface area contributed by atoms with Crippen LogP contribution in [-0.2, 0) is 5.41 Å². The summed E-state index contributed by atoms with van der Waals surface area (Å²) in [5, 5.41) is 12.9. The molecule has 15 heavy (non-hydrogen) atoms. The highest BCUT2D eigenvalue weighted by Crippen LogP contribution is 2.44. The first-order valence-corrected chi connectivity index (χ1v) is 5.21. The molecule has 2 N–H and O–H groups in total. The van der Waals surface area contributed by atoms with Gasteiger partial charge in [0.1, 0.15) is 12.0 Å². The van der Waals surface area contributed by atoms with Crippen molar-refractivity contribution in [3.63, 3.8) is 0 Å². The van der Waals surface area contributed by atoms with Crippen molar-refractivity contribution in [2.24, 2.45) is 5.92 Å². The first-order valence-electron chi connectivity index (χ1n) is 5.21. The van der Waals surface area contributed by atoms with Crippen molar-refractivity contribution in [3.05, 3.63) is 29.6 Å². The van der Waals surface area contributed by atoms with Crippen LogP contribution in [0.25, 0.3) is 0 Å². The van der Waals surface area contributed by atoms with Gasteiger partial charge in [0.25, 0.3) is 0 Å². The molecular formula is C12H16FNO. The standard InChI is InChI=1S/C12H16FNO/c1-7(2)12(3)9-5-4-8(13)6-10(9)14-11(12)15/h4-7,11,14-15H,1-3H3/t11?,12-/m1/s1. The number of hydrogen-bond acceptors (Lipinski definition) is 2. The van der Waals surface area contributed by atoms with Gasteiger partial charge in [-0.1, -0.05) is 26.8 Å². The summed E-state index contributed by atoms with van der Waals surface area (Å²) in [5.74, 6) is 0.00756. The van der Waals surface area contributed by atoms with Gasteiger partial charge in [-0.05, 0) is 23.6 Å². The highest BCUT2D eigenvalue weighted by molar-refractivity contribution is 5.61. The Morgan fingerprint density at radius 2 is 2.13 bits per heavy atom. The Morgan fingerprint density at radius 1 is 1.47 bits per heavy atom. The van der Waals surface area contributed by atoms with Gasteiger partial charge in [-0.25, -0.2) is 4.39 Å². The number of fused-ring (bicyclic) bond motifs is 1. The van der Waals surface area contributed by atoms with Crippen LogP contribution in [-0.4, -0.2) is 11.3 Å². The largest absolute Gasteiger partial charge is 0.373 e. The number of hydrogen-bond donors (Lipinski definition) is 2. The van der Waals surface area contributed by atoms with E-state index in [1.165, 1.54) is 12.1 Å². The second kappa shape index (κ2) is 3.20. The SMILES string of the molecule is CC(C)[C@]1(C)c2ccc(F)cc2NC1O. The molecule has 0 bridgehead atoms. The molecule has 1 aromatic rings. The molecule has 0 fully saturated rings. The second-order valence-electron chi connectivity index (χ2n) is 4.67. The van der Waals surface area contributed by atoms with Gasteiger partial charge in [0.2, 0.25) is 0 Å². The van der Waals surface area contributed by atoms with E-state index >= 15 is 0 Å². The third kappa shape index (κ3) is 1.34. The smallest absolute Gasteiger partial charge is 0.134 e. The van der Waals surface area contributed by atoms with E-state index in [0.717, 1.165) is 5.56 Å². The molecule has 1 aromatic carbocycles. The zero-order chi connectivity index (χ0) is 11.2. The van der Waals surface area contributed by atoms with Crippen LogP contribution in [0.15, 0.2) is 18.2 Å². The number of aliphatic hydroxyl groups excluding tert-OH is 1. The first-order chi connectivity index (χ1) is 6.96. The van der Waals surface area contributed by atoms with Crippen LogP contribution >= 0.6 is 0 Å². The van der Waals surface area contributed by atoms with Crippen LogP contribution in [0.2, 0.25) is 0 Å². The number of anilines is 1. The van der Waals surface area contributed by atoms with E-state index < -0.39 is 6.23 Å². The highest BCUT2D eigenvalue weighted by atomic mass is 19.1. The number of nitrogens with one attached hydrogen (secondary N) is 1. The fraction of sp³-hybridized carbons (Fsp3) is 0.500. The van der Waals surface area contributed by atoms with Crippen molar-refractivity contribution in [1.29, 1.82) is 0 Å². The van der Waals surface area contributed by atoms with Crippen LogP contribution in [0.5, 0.6) is 0 Å². The van der Waals surface area contributed by atoms with Gasteiger partial charge >= 0.3 is 0 Å². The molecule has 0 spiro atoms. The Labute approximate surface area is 89.1 Å². The van der Waals surface area contributed by atoms with Crippen molar-refractivity contribution >= 4 is 5.69 Å². The van der Waals surface area contributed by atoms with Crippen LogP contribution in [0.4, 0.5) is 10.1 Å². The van der Waals surface area contributed by atoms with Gasteiger partial charge in [-0.2, -0.15) is 0 Å². The van der Waals surface area contributed by atoms with Crippen LogP contribution in [0, 0.1) is 11.7 Å². The minimum atomic E-state index is -0.644. The normalized spacial score (nSPS) is 29.1. The Bertz CT molecular complexity index is 391. The first kappa shape index (κ1) is 10.4. The summed E-state index contributed by atoms with van der Waals surface area (Å²) in [6, 6.07) is 4.64. The Morgan fingerprint density at radius 3 is 2.73 bits per heavy atom. The average molecular weight is 209 g/mol. The van der Waals surface area contributed by atoms with Gasteiger partial charge in [0.15, 0.2) is 0 Å². The summed E-state index contributed by atoms with van der Waals surface area (Å²) in [7, 11) is 0. The predicted octanol–water partition coefficient (Wildman–Crippen LogP) is 2.48. The topological polar surface area (TPSA) is 32.3 Å². The molecule has 1 unspecified atom stereocenters. The molecule has 0 amide bonds. The van der Waals surface area contributed by atoms with Gasteiger partial charge in [-0.15, -0.1) is 0 Å². The van der Waals surface area contributed by atoms with Gasteiger partial charge < -0.3 is 10.4 Å². The molecular weight excluding hydrogens is 193 g/mol. The molecule has 0 aromatic heterocycles. The molecule has 0 saturated carbocycles. The lowest BCUT2D eigenvalue weighted by atomic mass is 9.74. The van der Waals surface area contributed by atoms with Crippen molar-refractivity contribution < 1.29 is 9.50 Å². The third-order valence-corrected chi connectivity index (χ3v) is 3.62. The van der Waals surface area contributed by atoms with Crippen molar-refractivity contribution in [1.82, 2.24) is 0 Å². The quantitative estimate of drug-likeness (QED) is 0.744. The van der Waals surface area contributed by atoms with Crippen molar-refractivity contribution in [3.8, 4) is 0 Å². The maximum Gasteiger partial charge on any atom is 0.134 e. The predicted molar refractivity (Wildman–Crippen MR) is 58.2 cm³/mol. The maximum atomic E-state index is 13.0. The van der Waals surface area contributed by atoms with Crippen LogP contribution < -0.4 is 5.32 Å². The Hall–Kier alpha value is -1.09. The zero-order valence-corrected chi connectivity index (χ0v) is 9.21. The van der Waals surface area contributed by atoms with E-state index in [2.05, 4.69) is 19.2 Å². The van der Waals surface area contributed by atoms with Gasteiger partial charge in [0.05, 0.1) is 0 Å². The summed E-state index contributed by atoms with van der Waals surface area (Å²) in [6.07, 6.45) is -0.644. The van der Waals surface area contributed by atoms with Crippen LogP contribution in [0.3, 0.4) is 0 Å². The molecule has 2 atom stereocenters. The van der Waals surface area contributed by atoms with Crippen LogP contribution in [0.1, 0.15) is 26.3 Å². The lowest BCUT2D eigenvalue weighted by Gasteiger charge is -2.32. The molecule has 0 saturated heterocycles. The van der Waals surface area contributed by atoms with Crippen molar-refractivity contribution in [2.75, 3.05) is 5.32 Å². The molecule has 82 valence electrons. The number of rotatable bonds is 1. The Kier molecular flexibility index (Phi) is 2.23. The van der Waals surface area contributed by atoms with Crippen molar-refractivity contribution in [2.45, 2.75) is 32.4 Å². The minimum absolute atomic E-state index is 0.276. The second-order valence-corrected chi connectivity index (χ2v) is 4.67. The molecule has 1 aliphatic rings. The van der Waals surface area contributed by atoms with E-state index in [1.807, 2.05) is 6.92 Å².